The Morgan fingerprint density at radius 3 is 1.44 bits per heavy atom. The maximum Gasteiger partial charge on any atom is 0.267 e. The molecule has 0 aliphatic carbocycles. The second-order valence-corrected chi connectivity index (χ2v) is 25.9. The number of alkyl halides is 1. The van der Waals surface area contributed by atoms with Crippen LogP contribution in [0.4, 0.5) is 17.1 Å². The standard InChI is InChI=1S/C18H17N5O.C18H16N2O.C16H15NO.C4H12Si.C2H2BrN/c1-12-2-4-13(5-3-12)14-6-8-16-15(10-14)7-9-18(24)23(16)11-17-19-21-22-20-17;1-13-2-4-14(5-3-13)15-6-8-17-16(12-15)7-9-18(21)20(17)11-10-19;1-11-2-4-12(5-3-11)13-6-8-15-14(10-13)7-9-16(18)17-15;1-5(2,3)4;1-4-2-3/h2-6,8,10H,7,9,11H2,1H3,(H,19,20,21,22);2-6,8,12H,7,9,11H2,1H3;2-6,8,10H,7,9H2,1H3,(H,17,18);1-4H3;2H2. The smallest absolute Gasteiger partial charge is 0.267 e. The summed E-state index contributed by atoms with van der Waals surface area (Å²) in [6, 6.07) is 46.1. The number of hydrogen-bond donors (Lipinski definition) is 2. The minimum absolute atomic E-state index is 0.0344. The maximum atomic E-state index is 12.3. The molecule has 0 unspecified atom stereocenters. The molecule has 14 heteroatoms. The number of aromatic amines is 1. The van der Waals surface area contributed by atoms with Crippen LogP contribution in [0.2, 0.25) is 26.2 Å². The van der Waals surface area contributed by atoms with Crippen molar-refractivity contribution in [2.75, 3.05) is 27.1 Å². The minimum atomic E-state index is -0.611. The summed E-state index contributed by atoms with van der Waals surface area (Å²) < 4.78 is 0. The van der Waals surface area contributed by atoms with Gasteiger partial charge in [-0.25, -0.2) is 6.57 Å². The van der Waals surface area contributed by atoms with E-state index >= 15 is 0 Å². The molecule has 0 fully saturated rings. The molecular formula is C58H62BrN9O3Si. The Hall–Kier alpha value is -7.52. The van der Waals surface area contributed by atoms with E-state index in [0.29, 0.717) is 37.1 Å². The highest BCUT2D eigenvalue weighted by Gasteiger charge is 2.26. The van der Waals surface area contributed by atoms with Crippen LogP contribution in [0.15, 0.2) is 127 Å². The maximum absolute atomic E-state index is 12.3. The molecule has 6 aromatic carbocycles. The normalized spacial score (nSPS) is 13.2. The van der Waals surface area contributed by atoms with E-state index in [1.165, 1.54) is 55.6 Å². The zero-order chi connectivity index (χ0) is 51.8. The Labute approximate surface area is 433 Å². The number of anilines is 3. The lowest BCUT2D eigenvalue weighted by Gasteiger charge is -2.28. The molecule has 0 atom stereocenters. The molecule has 2 N–H and O–H groups in total. The molecule has 0 saturated heterocycles. The van der Waals surface area contributed by atoms with E-state index in [0.717, 1.165) is 47.5 Å². The topological polar surface area (TPSA) is 152 Å². The summed E-state index contributed by atoms with van der Waals surface area (Å²) in [7, 11) is -0.611. The molecule has 72 heavy (non-hydrogen) atoms. The van der Waals surface area contributed by atoms with E-state index in [4.69, 9.17) is 11.8 Å². The van der Waals surface area contributed by atoms with Crippen LogP contribution in [0, 0.1) is 38.7 Å². The summed E-state index contributed by atoms with van der Waals surface area (Å²) in [5.74, 6) is 0.756. The van der Waals surface area contributed by atoms with Crippen molar-refractivity contribution in [1.82, 2.24) is 20.6 Å². The van der Waals surface area contributed by atoms with E-state index < -0.39 is 8.07 Å². The average molecular weight is 1040 g/mol. The van der Waals surface area contributed by atoms with Crippen molar-refractivity contribution in [1.29, 1.82) is 5.26 Å². The van der Waals surface area contributed by atoms with Gasteiger partial charge in [0.1, 0.15) is 6.54 Å². The Balaban J connectivity index is 0.000000164. The van der Waals surface area contributed by atoms with Gasteiger partial charge in [0.2, 0.25) is 17.7 Å². The number of hydrogen-bond acceptors (Lipinski definition) is 7. The lowest BCUT2D eigenvalue weighted by Crippen LogP contribution is -2.35. The van der Waals surface area contributed by atoms with Crippen LogP contribution in [-0.2, 0) is 40.2 Å². The number of halogens is 1. The summed E-state index contributed by atoms with van der Waals surface area (Å²) in [5.41, 5.74) is 17.6. The van der Waals surface area contributed by atoms with Crippen molar-refractivity contribution in [2.24, 2.45) is 0 Å². The van der Waals surface area contributed by atoms with Crippen molar-refractivity contribution in [3.8, 4) is 39.4 Å². The third-order valence-corrected chi connectivity index (χ3v) is 11.9. The average Bonchev–Trinajstić information content (AvgIpc) is 3.89. The number of carbonyl (C=O) groups excluding carboxylic acids is 3. The second-order valence-electron chi connectivity index (χ2n) is 19.4. The number of rotatable bonds is 6. The van der Waals surface area contributed by atoms with Gasteiger partial charge in [0.15, 0.2) is 5.82 Å². The van der Waals surface area contributed by atoms with Crippen LogP contribution in [0.25, 0.3) is 38.2 Å². The number of aromatic nitrogens is 4. The van der Waals surface area contributed by atoms with Crippen molar-refractivity contribution in [2.45, 2.75) is 92.0 Å². The Bertz CT molecular complexity index is 3040. The summed E-state index contributed by atoms with van der Waals surface area (Å²) in [4.78, 5) is 41.8. The molecule has 0 spiro atoms. The van der Waals surface area contributed by atoms with Gasteiger partial charge in [-0.1, -0.05) is 139 Å². The number of carbonyl (C=O) groups is 3. The predicted molar refractivity (Wildman–Crippen MR) is 296 cm³/mol. The van der Waals surface area contributed by atoms with E-state index in [9.17, 15) is 14.4 Å². The zero-order valence-corrected chi connectivity index (χ0v) is 44.8. The van der Waals surface area contributed by atoms with Crippen LogP contribution >= 0.6 is 15.9 Å². The SMILES string of the molecule is C[Si](C)(C)C.Cc1ccc(-c2ccc3c(c2)CCC(=O)N3)cc1.Cc1ccc(-c2ccc3c(c2)CCC(=O)N3CC#N)cc1.Cc1ccc(-c2ccc3c(c2)CCC(=O)N3Cc2nn[nH]n2)cc1.[C-]#[N+]CBr. The molecule has 10 rings (SSSR count). The lowest BCUT2D eigenvalue weighted by molar-refractivity contribution is -0.119. The summed E-state index contributed by atoms with van der Waals surface area (Å²) >= 11 is 2.89. The molecule has 7 aromatic rings. The van der Waals surface area contributed by atoms with Crippen LogP contribution < -0.4 is 15.1 Å². The number of benzene rings is 6. The molecule has 3 amide bonds. The van der Waals surface area contributed by atoms with Crippen LogP contribution in [0.1, 0.15) is 58.5 Å². The van der Waals surface area contributed by atoms with Gasteiger partial charge in [-0.05, 0) is 127 Å². The number of H-pyrrole nitrogens is 1. The van der Waals surface area contributed by atoms with Gasteiger partial charge in [0, 0.05) is 60.3 Å². The fourth-order valence-corrected chi connectivity index (χ4v) is 8.09. The molecule has 3 aliphatic rings. The van der Waals surface area contributed by atoms with Gasteiger partial charge in [-0.2, -0.15) is 10.5 Å². The Morgan fingerprint density at radius 1 is 0.611 bits per heavy atom. The summed E-state index contributed by atoms with van der Waals surface area (Å²) in [5, 5.41) is 25.7. The number of nitrogens with one attached hydrogen (secondary N) is 2. The fraction of sp³-hybridized carbons (Fsp3) is 0.276. The van der Waals surface area contributed by atoms with E-state index in [2.05, 4.69) is 203 Å². The second kappa shape index (κ2) is 25.5. The summed E-state index contributed by atoms with van der Waals surface area (Å²) in [6.07, 6.45) is 3.91. The van der Waals surface area contributed by atoms with E-state index in [1.807, 2.05) is 24.3 Å². The van der Waals surface area contributed by atoms with Gasteiger partial charge < -0.3 is 15.1 Å². The number of nitrogens with zero attached hydrogens (tertiary/aromatic N) is 7. The molecule has 3 aliphatic heterocycles. The largest absolute Gasteiger partial charge is 0.326 e. The van der Waals surface area contributed by atoms with E-state index in [1.54, 1.807) is 9.80 Å². The van der Waals surface area contributed by atoms with Crippen LogP contribution in [-0.4, -0.2) is 58.4 Å². The van der Waals surface area contributed by atoms with E-state index in [-0.39, 0.29) is 24.3 Å². The Morgan fingerprint density at radius 2 is 1.01 bits per heavy atom. The molecule has 4 heterocycles. The highest BCUT2D eigenvalue weighted by atomic mass is 79.9. The molecule has 0 saturated carbocycles. The van der Waals surface area contributed by atoms with Crippen LogP contribution in [0.3, 0.4) is 0 Å². The van der Waals surface area contributed by atoms with Gasteiger partial charge in [0.25, 0.3) is 5.45 Å². The fourth-order valence-electron chi connectivity index (χ4n) is 8.09. The molecule has 368 valence electrons. The first-order valence-electron chi connectivity index (χ1n) is 24.0. The zero-order valence-electron chi connectivity index (χ0n) is 42.2. The van der Waals surface area contributed by atoms with Gasteiger partial charge >= 0.3 is 0 Å². The first-order chi connectivity index (χ1) is 34.5. The number of amides is 3. The molecule has 12 nitrogen and oxygen atoms in total. The van der Waals surface area contributed by atoms with Gasteiger partial charge in [-0.3, -0.25) is 19.3 Å². The monoisotopic (exact) mass is 1040 g/mol. The van der Waals surface area contributed by atoms with Crippen LogP contribution in [0.5, 0.6) is 0 Å². The number of nitriles is 1. The first-order valence-corrected chi connectivity index (χ1v) is 29.1. The van der Waals surface area contributed by atoms with Crippen molar-refractivity contribution < 1.29 is 14.4 Å². The Kier molecular flexibility index (Phi) is 19.1. The highest BCUT2D eigenvalue weighted by molar-refractivity contribution is 9.09. The van der Waals surface area contributed by atoms with Crippen molar-refractivity contribution in [3.05, 3.63) is 178 Å². The molecule has 0 bridgehead atoms. The molecular weight excluding hydrogens is 979 g/mol. The van der Waals surface area contributed by atoms with Crippen molar-refractivity contribution in [3.63, 3.8) is 0 Å². The number of aryl methyl sites for hydroxylation is 6. The third kappa shape index (κ3) is 15.5. The third-order valence-electron chi connectivity index (χ3n) is 11.7. The first kappa shape index (κ1) is 53.8. The van der Waals surface area contributed by atoms with Gasteiger partial charge in [0.05, 0.1) is 12.6 Å². The molecule has 1 aromatic heterocycles. The van der Waals surface area contributed by atoms with Crippen molar-refractivity contribution >= 4 is 58.8 Å². The quantitative estimate of drug-likeness (QED) is 0.0553. The number of fused-ring (bicyclic) bond motifs is 3. The lowest BCUT2D eigenvalue weighted by atomic mass is 9.95. The van der Waals surface area contributed by atoms with Gasteiger partial charge in [-0.15, -0.1) is 10.2 Å². The summed E-state index contributed by atoms with van der Waals surface area (Å²) in [6.45, 7) is 22.0. The molecule has 0 radical (unpaired) electrons. The number of tetrazole rings is 1. The minimum Gasteiger partial charge on any atom is -0.326 e. The highest BCUT2D eigenvalue weighted by Crippen LogP contribution is 2.35. The predicted octanol–water partition coefficient (Wildman–Crippen LogP) is 12.9.